The molecule has 0 unspecified atom stereocenters. The summed E-state index contributed by atoms with van der Waals surface area (Å²) in [6.07, 6.45) is 2.06. The van der Waals surface area contributed by atoms with Crippen molar-refractivity contribution in [2.24, 2.45) is 5.92 Å². The largest absolute Gasteiger partial charge is 0.381 e. The molecular weight excluding hydrogens is 330 g/mol. The number of hydrogen-bond acceptors (Lipinski definition) is 3. The molecule has 0 aliphatic carbocycles. The van der Waals surface area contributed by atoms with Crippen molar-refractivity contribution in [3.05, 3.63) is 34.3 Å². The Hall–Kier alpha value is -0.710. The summed E-state index contributed by atoms with van der Waals surface area (Å²) in [5.74, 6) is 0.285. The van der Waals surface area contributed by atoms with Crippen LogP contribution in [0.15, 0.2) is 28.7 Å². The summed E-state index contributed by atoms with van der Waals surface area (Å²) in [4.78, 5) is 12.5. The minimum atomic E-state index is -0.0686. The van der Waals surface area contributed by atoms with Crippen molar-refractivity contribution < 1.29 is 9.53 Å². The molecule has 1 aromatic rings. The van der Waals surface area contributed by atoms with Crippen molar-refractivity contribution >= 4 is 21.7 Å². The van der Waals surface area contributed by atoms with Crippen molar-refractivity contribution in [1.29, 1.82) is 0 Å². The lowest BCUT2D eigenvalue weighted by atomic mass is 9.88. The first-order valence-electron chi connectivity index (χ1n) is 7.68. The Morgan fingerprint density at radius 1 is 1.29 bits per heavy atom. The van der Waals surface area contributed by atoms with Gasteiger partial charge in [-0.3, -0.25) is 4.79 Å². The molecule has 1 fully saturated rings. The zero-order chi connectivity index (χ0) is 15.2. The van der Waals surface area contributed by atoms with Crippen molar-refractivity contribution in [2.45, 2.75) is 38.6 Å². The van der Waals surface area contributed by atoms with E-state index in [1.165, 1.54) is 0 Å². The Labute approximate surface area is 135 Å². The Bertz CT molecular complexity index is 452. The van der Waals surface area contributed by atoms with Crippen LogP contribution in [0.3, 0.4) is 0 Å². The van der Waals surface area contributed by atoms with Crippen molar-refractivity contribution in [1.82, 2.24) is 5.32 Å². The second kappa shape index (κ2) is 8.06. The summed E-state index contributed by atoms with van der Waals surface area (Å²) in [5, 5.41) is 3.56. The van der Waals surface area contributed by atoms with Gasteiger partial charge in [-0.1, -0.05) is 41.9 Å². The van der Waals surface area contributed by atoms with Gasteiger partial charge in [-0.25, -0.2) is 0 Å². The molecule has 2 rings (SSSR count). The maximum atomic E-state index is 12.5. The molecule has 1 aliphatic heterocycles. The third-order valence-electron chi connectivity index (χ3n) is 4.02. The van der Waals surface area contributed by atoms with Gasteiger partial charge in [0, 0.05) is 36.2 Å². The van der Waals surface area contributed by atoms with Gasteiger partial charge in [0.15, 0.2) is 0 Å². The van der Waals surface area contributed by atoms with Gasteiger partial charge in [-0.05, 0) is 30.5 Å². The predicted octanol–water partition coefficient (Wildman–Crippen LogP) is 3.53. The minimum absolute atomic E-state index is 0.0511. The molecule has 0 aromatic heterocycles. The molecule has 1 N–H and O–H groups in total. The topological polar surface area (TPSA) is 38.3 Å². The number of rotatable bonds is 6. The summed E-state index contributed by atoms with van der Waals surface area (Å²) in [5.41, 5.74) is 1.09. The van der Waals surface area contributed by atoms with E-state index < -0.39 is 0 Å². The number of carbonyl (C=O) groups excluding carboxylic acids is 1. The number of ketones is 1. The normalized spacial score (nSPS) is 17.9. The summed E-state index contributed by atoms with van der Waals surface area (Å²) < 4.78 is 6.42. The predicted molar refractivity (Wildman–Crippen MR) is 88.6 cm³/mol. The standard InChI is InChI=1S/C17H24BrNO2/c1-12(2)17(20)16(13-3-5-14(18)6-4-13)11-19-15-7-9-21-10-8-15/h3-6,12,15-16,19H,7-11H2,1-2H3/t16-/m1/s1. The average Bonchev–Trinajstić information content (AvgIpc) is 2.50. The average molecular weight is 354 g/mol. The lowest BCUT2D eigenvalue weighted by Gasteiger charge is -2.26. The van der Waals surface area contributed by atoms with Crippen LogP contribution >= 0.6 is 15.9 Å². The van der Waals surface area contributed by atoms with Crippen LogP contribution in [0.5, 0.6) is 0 Å². The fourth-order valence-electron chi connectivity index (χ4n) is 2.67. The summed E-state index contributed by atoms with van der Waals surface area (Å²) in [6, 6.07) is 8.56. The van der Waals surface area contributed by atoms with Crippen molar-refractivity contribution in [3.63, 3.8) is 0 Å². The first-order chi connectivity index (χ1) is 10.1. The van der Waals surface area contributed by atoms with Gasteiger partial charge in [-0.2, -0.15) is 0 Å². The molecule has 1 heterocycles. The van der Waals surface area contributed by atoms with Gasteiger partial charge in [0.1, 0.15) is 5.78 Å². The van der Waals surface area contributed by atoms with E-state index in [2.05, 4.69) is 21.2 Å². The lowest BCUT2D eigenvalue weighted by Crippen LogP contribution is -2.39. The van der Waals surface area contributed by atoms with Gasteiger partial charge in [0.25, 0.3) is 0 Å². The van der Waals surface area contributed by atoms with Crippen molar-refractivity contribution in [2.75, 3.05) is 19.8 Å². The summed E-state index contributed by atoms with van der Waals surface area (Å²) >= 11 is 3.45. The molecule has 116 valence electrons. The van der Waals surface area contributed by atoms with Crippen LogP contribution in [0, 0.1) is 5.92 Å². The van der Waals surface area contributed by atoms with E-state index in [1.54, 1.807) is 0 Å². The van der Waals surface area contributed by atoms with Crippen LogP contribution < -0.4 is 5.32 Å². The van der Waals surface area contributed by atoms with E-state index in [4.69, 9.17) is 4.74 Å². The summed E-state index contributed by atoms with van der Waals surface area (Å²) in [7, 11) is 0. The first-order valence-corrected chi connectivity index (χ1v) is 8.47. The van der Waals surface area contributed by atoms with Crippen LogP contribution in [-0.2, 0) is 9.53 Å². The number of benzene rings is 1. The highest BCUT2D eigenvalue weighted by Gasteiger charge is 2.24. The quantitative estimate of drug-likeness (QED) is 0.849. The van der Waals surface area contributed by atoms with Crippen LogP contribution in [-0.4, -0.2) is 31.6 Å². The monoisotopic (exact) mass is 353 g/mol. The van der Waals surface area contributed by atoms with Gasteiger partial charge < -0.3 is 10.1 Å². The van der Waals surface area contributed by atoms with Gasteiger partial charge in [0.2, 0.25) is 0 Å². The number of ether oxygens (including phenoxy) is 1. The molecule has 0 spiro atoms. The molecule has 3 nitrogen and oxygen atoms in total. The number of carbonyl (C=O) groups is 1. The number of hydrogen-bond donors (Lipinski definition) is 1. The molecule has 1 saturated heterocycles. The highest BCUT2D eigenvalue weighted by Crippen LogP contribution is 2.23. The SMILES string of the molecule is CC(C)C(=O)[C@H](CNC1CCOCC1)c1ccc(Br)cc1. The molecule has 1 aliphatic rings. The molecule has 21 heavy (non-hydrogen) atoms. The molecule has 0 saturated carbocycles. The van der Waals surface area contributed by atoms with Gasteiger partial charge >= 0.3 is 0 Å². The third kappa shape index (κ3) is 4.90. The Morgan fingerprint density at radius 3 is 2.48 bits per heavy atom. The van der Waals surface area contributed by atoms with Crippen LogP contribution in [0.2, 0.25) is 0 Å². The minimum Gasteiger partial charge on any atom is -0.381 e. The molecule has 4 heteroatoms. The molecule has 1 aromatic carbocycles. The van der Waals surface area contributed by atoms with Crippen molar-refractivity contribution in [3.8, 4) is 0 Å². The Kier molecular flexibility index (Phi) is 6.40. The number of halogens is 1. The van der Waals surface area contributed by atoms with E-state index in [-0.39, 0.29) is 11.8 Å². The Balaban J connectivity index is 2.04. The second-order valence-corrected chi connectivity index (χ2v) is 6.87. The highest BCUT2D eigenvalue weighted by atomic mass is 79.9. The third-order valence-corrected chi connectivity index (χ3v) is 4.55. The second-order valence-electron chi connectivity index (χ2n) is 5.96. The Morgan fingerprint density at radius 2 is 1.90 bits per heavy atom. The molecule has 0 radical (unpaired) electrons. The fraction of sp³-hybridized carbons (Fsp3) is 0.588. The lowest BCUT2D eigenvalue weighted by molar-refractivity contribution is -0.123. The fourth-order valence-corrected chi connectivity index (χ4v) is 2.93. The zero-order valence-electron chi connectivity index (χ0n) is 12.8. The molecular formula is C17H24BrNO2. The number of Topliss-reactive ketones (excluding diaryl/α,β-unsaturated/α-hetero) is 1. The smallest absolute Gasteiger partial charge is 0.144 e. The van der Waals surface area contributed by atoms with Gasteiger partial charge in [0.05, 0.1) is 5.92 Å². The van der Waals surface area contributed by atoms with E-state index in [1.807, 2.05) is 38.1 Å². The van der Waals surface area contributed by atoms with E-state index in [9.17, 15) is 4.79 Å². The van der Waals surface area contributed by atoms with E-state index in [0.29, 0.717) is 18.4 Å². The van der Waals surface area contributed by atoms with E-state index >= 15 is 0 Å². The molecule has 0 amide bonds. The van der Waals surface area contributed by atoms with Crippen LogP contribution in [0.4, 0.5) is 0 Å². The van der Waals surface area contributed by atoms with Crippen LogP contribution in [0.25, 0.3) is 0 Å². The molecule has 0 bridgehead atoms. The highest BCUT2D eigenvalue weighted by molar-refractivity contribution is 9.10. The number of nitrogens with one attached hydrogen (secondary N) is 1. The maximum absolute atomic E-state index is 12.5. The maximum Gasteiger partial charge on any atom is 0.144 e. The first kappa shape index (κ1) is 16.7. The zero-order valence-corrected chi connectivity index (χ0v) is 14.4. The van der Waals surface area contributed by atoms with E-state index in [0.717, 1.165) is 36.1 Å². The molecule has 1 atom stereocenters. The van der Waals surface area contributed by atoms with Gasteiger partial charge in [-0.15, -0.1) is 0 Å². The summed E-state index contributed by atoms with van der Waals surface area (Å²) in [6.45, 7) is 6.30. The van der Waals surface area contributed by atoms with Crippen LogP contribution in [0.1, 0.15) is 38.2 Å².